The Balaban J connectivity index is 1.35. The van der Waals surface area contributed by atoms with E-state index in [4.69, 9.17) is 23.2 Å². The number of rotatable bonds is 5. The summed E-state index contributed by atoms with van der Waals surface area (Å²) in [6.07, 6.45) is 1.55. The van der Waals surface area contributed by atoms with Crippen molar-refractivity contribution in [2.75, 3.05) is 42.9 Å². The van der Waals surface area contributed by atoms with Crippen molar-refractivity contribution < 1.29 is 4.79 Å². The van der Waals surface area contributed by atoms with E-state index in [9.17, 15) is 4.79 Å². The van der Waals surface area contributed by atoms with Gasteiger partial charge in [-0.15, -0.1) is 5.10 Å². The molecule has 0 atom stereocenters. The third-order valence-corrected chi connectivity index (χ3v) is 5.56. The SMILES string of the molecule is CCn1nnc2c(N3CCN(CC(=O)Nc4ccc(Cl)c(Cl)c4)CC3)ncnc21. The number of halogens is 2. The second-order valence-corrected chi connectivity index (χ2v) is 7.53. The van der Waals surface area contributed by atoms with Gasteiger partial charge in [0.05, 0.1) is 16.6 Å². The molecule has 0 spiro atoms. The lowest BCUT2D eigenvalue weighted by Gasteiger charge is -2.34. The quantitative estimate of drug-likeness (QED) is 0.658. The van der Waals surface area contributed by atoms with Gasteiger partial charge in [0.15, 0.2) is 17.0 Å². The van der Waals surface area contributed by atoms with Crippen LogP contribution in [0, 0.1) is 0 Å². The van der Waals surface area contributed by atoms with Crippen molar-refractivity contribution in [3.8, 4) is 0 Å². The number of nitrogens with zero attached hydrogens (tertiary/aromatic N) is 7. The van der Waals surface area contributed by atoms with Gasteiger partial charge in [-0.05, 0) is 25.1 Å². The van der Waals surface area contributed by atoms with Gasteiger partial charge in [0, 0.05) is 38.4 Å². The number of benzene rings is 1. The van der Waals surface area contributed by atoms with Crippen molar-refractivity contribution >= 4 is 51.8 Å². The largest absolute Gasteiger partial charge is 0.352 e. The van der Waals surface area contributed by atoms with E-state index >= 15 is 0 Å². The molecule has 1 N–H and O–H groups in total. The topological polar surface area (TPSA) is 92.1 Å². The van der Waals surface area contributed by atoms with Crippen molar-refractivity contribution in [2.45, 2.75) is 13.5 Å². The average molecular weight is 435 g/mol. The van der Waals surface area contributed by atoms with Crippen LogP contribution >= 0.6 is 23.2 Å². The highest BCUT2D eigenvalue weighted by molar-refractivity contribution is 6.42. The fourth-order valence-electron chi connectivity index (χ4n) is 3.32. The first kappa shape index (κ1) is 19.8. The second-order valence-electron chi connectivity index (χ2n) is 6.71. The Morgan fingerprint density at radius 2 is 1.93 bits per heavy atom. The van der Waals surface area contributed by atoms with Crippen molar-refractivity contribution in [1.29, 1.82) is 0 Å². The van der Waals surface area contributed by atoms with Gasteiger partial charge in [0.25, 0.3) is 0 Å². The van der Waals surface area contributed by atoms with Crippen LogP contribution in [0.2, 0.25) is 10.0 Å². The van der Waals surface area contributed by atoms with E-state index in [0.717, 1.165) is 37.6 Å². The Bertz CT molecular complexity index is 1030. The van der Waals surface area contributed by atoms with E-state index in [1.165, 1.54) is 0 Å². The lowest BCUT2D eigenvalue weighted by Crippen LogP contribution is -2.49. The maximum Gasteiger partial charge on any atom is 0.238 e. The average Bonchev–Trinajstić information content (AvgIpc) is 3.15. The molecule has 1 saturated heterocycles. The first-order valence-electron chi connectivity index (χ1n) is 9.31. The Morgan fingerprint density at radius 1 is 1.14 bits per heavy atom. The van der Waals surface area contributed by atoms with E-state index < -0.39 is 0 Å². The van der Waals surface area contributed by atoms with Gasteiger partial charge in [-0.25, -0.2) is 14.6 Å². The highest BCUT2D eigenvalue weighted by atomic mass is 35.5. The number of nitrogens with one attached hydrogen (secondary N) is 1. The Hall–Kier alpha value is -2.49. The molecule has 1 fully saturated rings. The molecule has 3 aromatic rings. The maximum absolute atomic E-state index is 12.4. The summed E-state index contributed by atoms with van der Waals surface area (Å²) in [5.74, 6) is 0.696. The number of fused-ring (bicyclic) bond motifs is 1. The molecule has 0 saturated carbocycles. The fraction of sp³-hybridized carbons (Fsp3) is 0.389. The molecule has 0 bridgehead atoms. The third-order valence-electron chi connectivity index (χ3n) is 4.82. The van der Waals surface area contributed by atoms with Crippen LogP contribution in [0.4, 0.5) is 11.5 Å². The lowest BCUT2D eigenvalue weighted by molar-refractivity contribution is -0.117. The summed E-state index contributed by atoms with van der Waals surface area (Å²) in [4.78, 5) is 25.3. The minimum Gasteiger partial charge on any atom is -0.352 e. The standard InChI is InChI=1S/C18H20Cl2N8O/c1-2-28-18-16(24-25-28)17(21-11-22-18)27-7-5-26(6-8-27)10-15(29)23-12-3-4-13(19)14(20)9-12/h3-4,9,11H,2,5-8,10H2,1H3,(H,23,29). The molecule has 1 amide bonds. The summed E-state index contributed by atoms with van der Waals surface area (Å²) in [6, 6.07) is 5.03. The van der Waals surface area contributed by atoms with Crippen molar-refractivity contribution in [3.05, 3.63) is 34.6 Å². The monoisotopic (exact) mass is 434 g/mol. The zero-order valence-electron chi connectivity index (χ0n) is 15.8. The smallest absolute Gasteiger partial charge is 0.238 e. The van der Waals surface area contributed by atoms with Gasteiger partial charge in [-0.1, -0.05) is 28.4 Å². The first-order chi connectivity index (χ1) is 14.0. The molecule has 4 rings (SSSR count). The van der Waals surface area contributed by atoms with Crippen molar-refractivity contribution in [2.24, 2.45) is 0 Å². The van der Waals surface area contributed by atoms with E-state index in [-0.39, 0.29) is 5.91 Å². The van der Waals surface area contributed by atoms with E-state index in [1.807, 2.05) is 6.92 Å². The third kappa shape index (κ3) is 4.26. The molecule has 0 aliphatic carbocycles. The summed E-state index contributed by atoms with van der Waals surface area (Å²) in [5, 5.41) is 12.1. The number of carbonyl (C=O) groups is 1. The Kier molecular flexibility index (Phi) is 5.79. The molecule has 0 radical (unpaired) electrons. The lowest BCUT2D eigenvalue weighted by atomic mass is 10.3. The minimum atomic E-state index is -0.0906. The maximum atomic E-state index is 12.4. The molecule has 1 aliphatic rings. The zero-order valence-corrected chi connectivity index (χ0v) is 17.4. The molecule has 1 aromatic carbocycles. The van der Waals surface area contributed by atoms with Crippen LogP contribution in [0.1, 0.15) is 6.92 Å². The number of aryl methyl sites for hydroxylation is 1. The molecular formula is C18H20Cl2N8O. The molecule has 3 heterocycles. The van der Waals surface area contributed by atoms with Gasteiger partial charge < -0.3 is 10.2 Å². The number of aromatic nitrogens is 5. The number of carbonyl (C=O) groups excluding carboxylic acids is 1. The van der Waals surface area contributed by atoms with E-state index in [0.29, 0.717) is 34.3 Å². The number of hydrogen-bond acceptors (Lipinski definition) is 7. The summed E-state index contributed by atoms with van der Waals surface area (Å²) in [6.45, 7) is 5.96. The van der Waals surface area contributed by atoms with Crippen LogP contribution in [-0.4, -0.2) is 68.5 Å². The molecule has 2 aromatic heterocycles. The summed E-state index contributed by atoms with van der Waals surface area (Å²) >= 11 is 11.9. The highest BCUT2D eigenvalue weighted by Gasteiger charge is 2.23. The summed E-state index contributed by atoms with van der Waals surface area (Å²) in [5.41, 5.74) is 2.08. The van der Waals surface area contributed by atoms with Crippen LogP contribution in [-0.2, 0) is 11.3 Å². The first-order valence-corrected chi connectivity index (χ1v) is 10.1. The number of hydrogen-bond donors (Lipinski definition) is 1. The summed E-state index contributed by atoms with van der Waals surface area (Å²) < 4.78 is 1.75. The van der Waals surface area contributed by atoms with Crippen LogP contribution in [0.3, 0.4) is 0 Å². The Morgan fingerprint density at radius 3 is 2.66 bits per heavy atom. The van der Waals surface area contributed by atoms with Crippen LogP contribution in [0.25, 0.3) is 11.2 Å². The molecule has 1 aliphatic heterocycles. The van der Waals surface area contributed by atoms with E-state index in [2.05, 4.69) is 35.4 Å². The molecule has 9 nitrogen and oxygen atoms in total. The van der Waals surface area contributed by atoms with E-state index in [1.54, 1.807) is 29.2 Å². The molecule has 0 unspecified atom stereocenters. The molecule has 29 heavy (non-hydrogen) atoms. The summed E-state index contributed by atoms with van der Waals surface area (Å²) in [7, 11) is 0. The minimum absolute atomic E-state index is 0.0906. The number of anilines is 2. The van der Waals surface area contributed by atoms with Crippen molar-refractivity contribution in [3.63, 3.8) is 0 Å². The molecule has 152 valence electrons. The normalized spacial score (nSPS) is 15.1. The van der Waals surface area contributed by atoms with Crippen LogP contribution in [0.15, 0.2) is 24.5 Å². The zero-order chi connectivity index (χ0) is 20.4. The van der Waals surface area contributed by atoms with Crippen LogP contribution in [0.5, 0.6) is 0 Å². The predicted octanol–water partition coefficient (Wildman–Crippen LogP) is 2.31. The van der Waals surface area contributed by atoms with Gasteiger partial charge in [-0.2, -0.15) is 0 Å². The van der Waals surface area contributed by atoms with Gasteiger partial charge >= 0.3 is 0 Å². The van der Waals surface area contributed by atoms with Gasteiger partial charge in [-0.3, -0.25) is 9.69 Å². The van der Waals surface area contributed by atoms with Gasteiger partial charge in [0.1, 0.15) is 6.33 Å². The molecule has 11 heteroatoms. The predicted molar refractivity (Wildman–Crippen MR) is 113 cm³/mol. The van der Waals surface area contributed by atoms with Gasteiger partial charge in [0.2, 0.25) is 5.91 Å². The van der Waals surface area contributed by atoms with Crippen LogP contribution < -0.4 is 10.2 Å². The fourth-order valence-corrected chi connectivity index (χ4v) is 3.62. The second kappa shape index (κ2) is 8.48. The Labute approximate surface area is 177 Å². The number of amides is 1. The number of piperazine rings is 1. The highest BCUT2D eigenvalue weighted by Crippen LogP contribution is 2.25. The molecular weight excluding hydrogens is 415 g/mol. The van der Waals surface area contributed by atoms with Crippen molar-refractivity contribution in [1.82, 2.24) is 29.9 Å².